The number of carbonyl (C=O) groups is 1. The van der Waals surface area contributed by atoms with Gasteiger partial charge in [-0.2, -0.15) is 0 Å². The largest absolute Gasteiger partial charge is 0.460 e. The Labute approximate surface area is 109 Å². The molecule has 0 N–H and O–H groups in total. The van der Waals surface area contributed by atoms with Crippen molar-refractivity contribution in [3.05, 3.63) is 35.9 Å². The minimum Gasteiger partial charge on any atom is -0.460 e. The van der Waals surface area contributed by atoms with E-state index < -0.39 is 0 Å². The first-order chi connectivity index (χ1) is 8.72. The minimum atomic E-state index is -0.167. The molecule has 0 aromatic heterocycles. The molecule has 0 aliphatic carbocycles. The average Bonchev–Trinajstić information content (AvgIpc) is 2.36. The first kappa shape index (κ1) is 14.7. The summed E-state index contributed by atoms with van der Waals surface area (Å²) >= 11 is 0. The molecule has 0 bridgehead atoms. The molecule has 0 spiro atoms. The van der Waals surface area contributed by atoms with Crippen molar-refractivity contribution in [2.75, 3.05) is 13.2 Å². The van der Waals surface area contributed by atoms with Crippen molar-refractivity contribution >= 4 is 5.97 Å². The van der Waals surface area contributed by atoms with Gasteiger partial charge in [0.25, 0.3) is 0 Å². The third-order valence-corrected chi connectivity index (χ3v) is 2.52. The molecule has 0 unspecified atom stereocenters. The predicted octanol–water partition coefficient (Wildman–Crippen LogP) is 2.98. The fourth-order valence-electron chi connectivity index (χ4n) is 1.61. The van der Waals surface area contributed by atoms with Crippen LogP contribution >= 0.6 is 0 Å². The van der Waals surface area contributed by atoms with E-state index in [1.54, 1.807) is 0 Å². The smallest absolute Gasteiger partial charge is 0.306 e. The van der Waals surface area contributed by atoms with Crippen LogP contribution in [0.25, 0.3) is 0 Å². The van der Waals surface area contributed by atoms with Gasteiger partial charge < -0.3 is 9.47 Å². The third kappa shape index (κ3) is 6.40. The Balaban J connectivity index is 2.09. The topological polar surface area (TPSA) is 35.5 Å². The van der Waals surface area contributed by atoms with Gasteiger partial charge in [-0.05, 0) is 25.3 Å². The highest BCUT2D eigenvalue weighted by Gasteiger charge is 2.08. The second-order valence-electron chi connectivity index (χ2n) is 4.36. The third-order valence-electron chi connectivity index (χ3n) is 2.52. The summed E-state index contributed by atoms with van der Waals surface area (Å²) in [5, 5.41) is 0. The lowest BCUT2D eigenvalue weighted by Gasteiger charge is -2.13. The number of hydrogen-bond acceptors (Lipinski definition) is 3. The van der Waals surface area contributed by atoms with Crippen molar-refractivity contribution in [1.82, 2.24) is 0 Å². The van der Waals surface area contributed by atoms with Gasteiger partial charge in [-0.25, -0.2) is 0 Å². The van der Waals surface area contributed by atoms with Crippen LogP contribution in [0.3, 0.4) is 0 Å². The summed E-state index contributed by atoms with van der Waals surface area (Å²) in [6.07, 6.45) is 2.02. The van der Waals surface area contributed by atoms with Crippen LogP contribution in [-0.2, 0) is 20.7 Å². The Morgan fingerprint density at radius 3 is 2.67 bits per heavy atom. The molecule has 0 radical (unpaired) electrons. The minimum absolute atomic E-state index is 0.142. The molecule has 100 valence electrons. The van der Waals surface area contributed by atoms with Crippen LogP contribution in [0, 0.1) is 0 Å². The van der Waals surface area contributed by atoms with E-state index in [2.05, 4.69) is 12.1 Å². The standard InChI is InChI=1S/C15H22O3/c1-3-7-15(16)18-13(2)12-17-11-10-14-8-5-4-6-9-14/h4-6,8-9,13H,3,7,10-12H2,1-2H3/t13-/m1/s1. The number of esters is 1. The van der Waals surface area contributed by atoms with Crippen LogP contribution in [0.4, 0.5) is 0 Å². The van der Waals surface area contributed by atoms with Crippen LogP contribution in [0.1, 0.15) is 32.3 Å². The van der Waals surface area contributed by atoms with Crippen molar-refractivity contribution in [2.45, 2.75) is 39.2 Å². The van der Waals surface area contributed by atoms with Gasteiger partial charge in [0.05, 0.1) is 13.2 Å². The quantitative estimate of drug-likeness (QED) is 0.525. The van der Waals surface area contributed by atoms with Gasteiger partial charge >= 0.3 is 5.97 Å². The number of ether oxygens (including phenoxy) is 2. The molecule has 3 heteroatoms. The van der Waals surface area contributed by atoms with E-state index in [0.717, 1.165) is 12.8 Å². The highest BCUT2D eigenvalue weighted by atomic mass is 16.6. The molecule has 0 saturated carbocycles. The molecular weight excluding hydrogens is 228 g/mol. The molecule has 0 amide bonds. The van der Waals surface area contributed by atoms with Gasteiger partial charge in [-0.15, -0.1) is 0 Å². The fraction of sp³-hybridized carbons (Fsp3) is 0.533. The molecule has 1 aromatic carbocycles. The van der Waals surface area contributed by atoms with Gasteiger partial charge in [-0.1, -0.05) is 37.3 Å². The summed E-state index contributed by atoms with van der Waals surface area (Å²) in [6, 6.07) is 10.2. The van der Waals surface area contributed by atoms with Crippen LogP contribution in [-0.4, -0.2) is 25.3 Å². The normalized spacial score (nSPS) is 12.1. The number of rotatable bonds is 8. The molecule has 0 saturated heterocycles. The molecule has 1 atom stereocenters. The maximum absolute atomic E-state index is 11.2. The first-order valence-corrected chi connectivity index (χ1v) is 6.53. The van der Waals surface area contributed by atoms with Crippen molar-refractivity contribution in [3.8, 4) is 0 Å². The van der Waals surface area contributed by atoms with E-state index in [1.165, 1.54) is 5.56 Å². The van der Waals surface area contributed by atoms with Gasteiger partial charge in [0.2, 0.25) is 0 Å². The zero-order chi connectivity index (χ0) is 13.2. The van der Waals surface area contributed by atoms with Gasteiger partial charge in [0, 0.05) is 6.42 Å². The molecule has 1 rings (SSSR count). The van der Waals surface area contributed by atoms with E-state index in [4.69, 9.17) is 9.47 Å². The molecule has 0 aliphatic heterocycles. The Kier molecular flexibility index (Phi) is 7.11. The Hall–Kier alpha value is -1.35. The van der Waals surface area contributed by atoms with Crippen molar-refractivity contribution in [3.63, 3.8) is 0 Å². The number of carbonyl (C=O) groups excluding carboxylic acids is 1. The molecule has 0 fully saturated rings. The van der Waals surface area contributed by atoms with Gasteiger partial charge in [0.15, 0.2) is 0 Å². The highest BCUT2D eigenvalue weighted by Crippen LogP contribution is 2.01. The molecular formula is C15H22O3. The van der Waals surface area contributed by atoms with E-state index in [9.17, 15) is 4.79 Å². The highest BCUT2D eigenvalue weighted by molar-refractivity contribution is 5.69. The fourth-order valence-corrected chi connectivity index (χ4v) is 1.61. The van der Waals surface area contributed by atoms with E-state index >= 15 is 0 Å². The monoisotopic (exact) mass is 250 g/mol. The van der Waals surface area contributed by atoms with Crippen molar-refractivity contribution in [2.24, 2.45) is 0 Å². The lowest BCUT2D eigenvalue weighted by molar-refractivity contribution is -0.151. The zero-order valence-electron chi connectivity index (χ0n) is 11.2. The molecule has 0 heterocycles. The van der Waals surface area contributed by atoms with E-state index in [-0.39, 0.29) is 12.1 Å². The summed E-state index contributed by atoms with van der Waals surface area (Å²) in [5.41, 5.74) is 1.26. The summed E-state index contributed by atoms with van der Waals surface area (Å²) in [6.45, 7) is 4.93. The van der Waals surface area contributed by atoms with E-state index in [1.807, 2.05) is 32.0 Å². The lowest BCUT2D eigenvalue weighted by atomic mass is 10.2. The summed E-state index contributed by atoms with van der Waals surface area (Å²) < 4.78 is 10.7. The molecule has 1 aromatic rings. The van der Waals surface area contributed by atoms with Crippen molar-refractivity contribution in [1.29, 1.82) is 0 Å². The second kappa shape index (κ2) is 8.70. The molecule has 0 aliphatic rings. The molecule has 3 nitrogen and oxygen atoms in total. The van der Waals surface area contributed by atoms with Crippen molar-refractivity contribution < 1.29 is 14.3 Å². The summed E-state index contributed by atoms with van der Waals surface area (Å²) in [5.74, 6) is -0.142. The Bertz CT molecular complexity index is 335. The predicted molar refractivity (Wildman–Crippen MR) is 71.4 cm³/mol. The Morgan fingerprint density at radius 1 is 1.28 bits per heavy atom. The van der Waals surface area contributed by atoms with Crippen LogP contribution in [0.2, 0.25) is 0 Å². The maximum Gasteiger partial charge on any atom is 0.306 e. The number of hydrogen-bond donors (Lipinski definition) is 0. The molecule has 18 heavy (non-hydrogen) atoms. The van der Waals surface area contributed by atoms with Gasteiger partial charge in [-0.3, -0.25) is 4.79 Å². The van der Waals surface area contributed by atoms with Gasteiger partial charge in [0.1, 0.15) is 6.10 Å². The average molecular weight is 250 g/mol. The SMILES string of the molecule is CCCC(=O)O[C@H](C)COCCc1ccccc1. The lowest BCUT2D eigenvalue weighted by Crippen LogP contribution is -2.20. The maximum atomic E-state index is 11.2. The summed E-state index contributed by atoms with van der Waals surface area (Å²) in [4.78, 5) is 11.2. The van der Waals surface area contributed by atoms with Crippen LogP contribution in [0.5, 0.6) is 0 Å². The summed E-state index contributed by atoms with van der Waals surface area (Å²) in [7, 11) is 0. The zero-order valence-corrected chi connectivity index (χ0v) is 11.2. The second-order valence-corrected chi connectivity index (χ2v) is 4.36. The number of benzene rings is 1. The van der Waals surface area contributed by atoms with E-state index in [0.29, 0.717) is 19.6 Å². The Morgan fingerprint density at radius 2 is 2.00 bits per heavy atom. The van der Waals surface area contributed by atoms with Crippen LogP contribution in [0.15, 0.2) is 30.3 Å². The van der Waals surface area contributed by atoms with Crippen LogP contribution < -0.4 is 0 Å². The first-order valence-electron chi connectivity index (χ1n) is 6.53.